The summed E-state index contributed by atoms with van der Waals surface area (Å²) in [5.74, 6) is -0.422. The molecule has 2 rings (SSSR count). The minimum Gasteiger partial charge on any atom is -0.398 e. The summed E-state index contributed by atoms with van der Waals surface area (Å²) in [7, 11) is 0. The summed E-state index contributed by atoms with van der Waals surface area (Å²) < 4.78 is 0. The highest BCUT2D eigenvalue weighted by atomic mass is 16.6. The van der Waals surface area contributed by atoms with Crippen LogP contribution in [0.25, 0.3) is 0 Å². The Labute approximate surface area is 143 Å². The molecule has 9 heteroatoms. The largest absolute Gasteiger partial charge is 0.398 e. The number of benzene rings is 2. The van der Waals surface area contributed by atoms with Gasteiger partial charge in [-0.25, -0.2) is 5.43 Å². The number of nitrogen functional groups attached to an aromatic ring is 1. The van der Waals surface area contributed by atoms with Crippen molar-refractivity contribution in [2.75, 3.05) is 11.2 Å². The van der Waals surface area contributed by atoms with Gasteiger partial charge >= 0.3 is 0 Å². The van der Waals surface area contributed by atoms with Gasteiger partial charge in [0.1, 0.15) is 0 Å². The molecule has 9 nitrogen and oxygen atoms in total. The van der Waals surface area contributed by atoms with Crippen molar-refractivity contribution in [2.24, 2.45) is 10.2 Å². The third-order valence-electron chi connectivity index (χ3n) is 3.06. The molecule has 0 bridgehead atoms. The second-order valence-electron chi connectivity index (χ2n) is 4.96. The molecule has 0 aliphatic carbocycles. The van der Waals surface area contributed by atoms with Crippen LogP contribution >= 0.6 is 0 Å². The Hall–Kier alpha value is -3.75. The van der Waals surface area contributed by atoms with Crippen LogP contribution in [-0.2, 0) is 0 Å². The number of nitrogens with two attached hydrogens (primary N) is 1. The van der Waals surface area contributed by atoms with Crippen molar-refractivity contribution < 1.29 is 9.72 Å². The molecule has 0 saturated carbocycles. The first-order valence-electron chi connectivity index (χ1n) is 7.20. The summed E-state index contributed by atoms with van der Waals surface area (Å²) in [6.07, 6.45) is 1.40. The molecular weight excluding hydrogens is 324 g/mol. The highest BCUT2D eigenvalue weighted by Crippen LogP contribution is 2.15. The average molecular weight is 340 g/mol. The van der Waals surface area contributed by atoms with E-state index in [2.05, 4.69) is 21.1 Å². The third-order valence-corrected chi connectivity index (χ3v) is 3.06. The summed E-state index contributed by atoms with van der Waals surface area (Å²) in [5.41, 5.74) is 12.5. The third kappa shape index (κ3) is 5.13. The Kier molecular flexibility index (Phi) is 5.77. The van der Waals surface area contributed by atoms with Gasteiger partial charge in [0.25, 0.3) is 11.6 Å². The fraction of sp³-hybridized carbons (Fsp3) is 0.0625. The van der Waals surface area contributed by atoms with Crippen LogP contribution in [0, 0.1) is 10.1 Å². The molecule has 0 radical (unpaired) electrons. The molecule has 0 heterocycles. The molecule has 0 aliphatic rings. The Bertz CT molecular complexity index is 830. The first-order valence-corrected chi connectivity index (χ1v) is 7.20. The molecule has 128 valence electrons. The number of nitro benzene ring substituents is 1. The second kappa shape index (κ2) is 8.20. The SMILES string of the molecule is CC(/C=N/Nc1ccc([N+](=O)[O-])cc1)=N\NC(=O)c1ccccc1N. The Morgan fingerprint density at radius 2 is 1.88 bits per heavy atom. The molecule has 0 spiro atoms. The molecule has 2 aromatic carbocycles. The van der Waals surface area contributed by atoms with Gasteiger partial charge in [-0.05, 0) is 31.2 Å². The number of carbonyl (C=O) groups is 1. The Morgan fingerprint density at radius 3 is 2.52 bits per heavy atom. The lowest BCUT2D eigenvalue weighted by atomic mass is 10.2. The quantitative estimate of drug-likeness (QED) is 0.321. The predicted molar refractivity (Wildman–Crippen MR) is 96.6 cm³/mol. The fourth-order valence-electron chi connectivity index (χ4n) is 1.79. The number of hydrogen-bond donors (Lipinski definition) is 3. The topological polar surface area (TPSA) is 135 Å². The van der Waals surface area contributed by atoms with Gasteiger partial charge in [-0.15, -0.1) is 0 Å². The van der Waals surface area contributed by atoms with E-state index < -0.39 is 10.8 Å². The minimum absolute atomic E-state index is 0.00447. The van der Waals surface area contributed by atoms with E-state index in [-0.39, 0.29) is 5.69 Å². The molecule has 4 N–H and O–H groups in total. The van der Waals surface area contributed by atoms with Crippen molar-refractivity contribution in [3.63, 3.8) is 0 Å². The number of anilines is 2. The molecule has 0 unspecified atom stereocenters. The van der Waals surface area contributed by atoms with E-state index >= 15 is 0 Å². The molecule has 25 heavy (non-hydrogen) atoms. The van der Waals surface area contributed by atoms with Crippen LogP contribution in [0.3, 0.4) is 0 Å². The Morgan fingerprint density at radius 1 is 1.20 bits per heavy atom. The number of nitro groups is 1. The Balaban J connectivity index is 1.90. The summed E-state index contributed by atoms with van der Waals surface area (Å²) in [4.78, 5) is 22.0. The van der Waals surface area contributed by atoms with Gasteiger partial charge in [-0.3, -0.25) is 20.3 Å². The molecule has 0 aliphatic heterocycles. The van der Waals surface area contributed by atoms with Crippen molar-refractivity contribution in [1.82, 2.24) is 5.43 Å². The summed E-state index contributed by atoms with van der Waals surface area (Å²) in [6, 6.07) is 12.5. The minimum atomic E-state index is -0.480. The van der Waals surface area contributed by atoms with Crippen LogP contribution in [0.4, 0.5) is 17.1 Å². The second-order valence-corrected chi connectivity index (χ2v) is 4.96. The molecular formula is C16H16N6O3. The predicted octanol–water partition coefficient (Wildman–Crippen LogP) is 2.38. The average Bonchev–Trinajstić information content (AvgIpc) is 2.60. The lowest BCUT2D eigenvalue weighted by Gasteiger charge is -2.03. The maximum Gasteiger partial charge on any atom is 0.273 e. The van der Waals surface area contributed by atoms with Crippen molar-refractivity contribution in [3.05, 3.63) is 64.2 Å². The van der Waals surface area contributed by atoms with Gasteiger partial charge < -0.3 is 5.73 Å². The van der Waals surface area contributed by atoms with Gasteiger partial charge in [0, 0.05) is 17.8 Å². The lowest BCUT2D eigenvalue weighted by molar-refractivity contribution is -0.384. The fourth-order valence-corrected chi connectivity index (χ4v) is 1.79. The molecule has 0 fully saturated rings. The molecule has 1 amide bonds. The summed E-state index contributed by atoms with van der Waals surface area (Å²) >= 11 is 0. The first kappa shape index (κ1) is 17.6. The van der Waals surface area contributed by atoms with E-state index in [4.69, 9.17) is 5.73 Å². The standard InChI is InChI=1S/C16H16N6O3/c1-11(19-21-16(23)14-4-2-3-5-15(14)17)10-18-20-12-6-8-13(9-7-12)22(24)25/h2-10,20H,17H2,1H3,(H,21,23)/b18-10+,19-11+. The van der Waals surface area contributed by atoms with Gasteiger partial charge in [-0.1, -0.05) is 12.1 Å². The van der Waals surface area contributed by atoms with Crippen molar-refractivity contribution >= 4 is 34.9 Å². The maximum absolute atomic E-state index is 11.9. The van der Waals surface area contributed by atoms with Crippen LogP contribution in [0.2, 0.25) is 0 Å². The molecule has 0 aromatic heterocycles. The zero-order valence-electron chi connectivity index (χ0n) is 13.3. The van der Waals surface area contributed by atoms with E-state index in [0.717, 1.165) is 0 Å². The van der Waals surface area contributed by atoms with Crippen molar-refractivity contribution in [3.8, 4) is 0 Å². The monoisotopic (exact) mass is 340 g/mol. The molecule has 0 atom stereocenters. The number of amides is 1. The first-order chi connectivity index (χ1) is 12.0. The lowest BCUT2D eigenvalue weighted by Crippen LogP contribution is -2.20. The number of hydrogen-bond acceptors (Lipinski definition) is 7. The van der Waals surface area contributed by atoms with Crippen LogP contribution in [0.5, 0.6) is 0 Å². The maximum atomic E-state index is 11.9. The van der Waals surface area contributed by atoms with Crippen molar-refractivity contribution in [2.45, 2.75) is 6.92 Å². The summed E-state index contributed by atoms with van der Waals surface area (Å²) in [5, 5.41) is 18.4. The number of rotatable bonds is 6. The number of hydrazone groups is 2. The molecule has 0 saturated heterocycles. The highest BCUT2D eigenvalue weighted by Gasteiger charge is 2.07. The normalized spacial score (nSPS) is 11.3. The number of para-hydroxylation sites is 1. The van der Waals surface area contributed by atoms with E-state index in [1.165, 1.54) is 30.5 Å². The number of carbonyl (C=O) groups excluding carboxylic acids is 1. The van der Waals surface area contributed by atoms with Crippen LogP contribution in [0.15, 0.2) is 58.7 Å². The van der Waals surface area contributed by atoms with Gasteiger partial charge in [0.05, 0.1) is 28.1 Å². The van der Waals surface area contributed by atoms with Gasteiger partial charge in [-0.2, -0.15) is 10.2 Å². The summed E-state index contributed by atoms with van der Waals surface area (Å²) in [6.45, 7) is 1.65. The van der Waals surface area contributed by atoms with Crippen LogP contribution in [0.1, 0.15) is 17.3 Å². The van der Waals surface area contributed by atoms with Gasteiger partial charge in [0.15, 0.2) is 0 Å². The number of nitrogens with one attached hydrogen (secondary N) is 2. The zero-order chi connectivity index (χ0) is 18.2. The smallest absolute Gasteiger partial charge is 0.273 e. The zero-order valence-corrected chi connectivity index (χ0v) is 13.3. The van der Waals surface area contributed by atoms with E-state index in [0.29, 0.717) is 22.6 Å². The van der Waals surface area contributed by atoms with Crippen molar-refractivity contribution in [1.29, 1.82) is 0 Å². The van der Waals surface area contributed by atoms with E-state index in [1.807, 2.05) is 0 Å². The van der Waals surface area contributed by atoms with Crippen LogP contribution in [-0.4, -0.2) is 22.8 Å². The molecule has 2 aromatic rings. The van der Waals surface area contributed by atoms with Crippen LogP contribution < -0.4 is 16.6 Å². The van der Waals surface area contributed by atoms with Gasteiger partial charge in [0.2, 0.25) is 0 Å². The number of non-ortho nitro benzene ring substituents is 1. The van der Waals surface area contributed by atoms with E-state index in [9.17, 15) is 14.9 Å². The highest BCUT2D eigenvalue weighted by molar-refractivity contribution is 6.29. The number of nitrogens with zero attached hydrogens (tertiary/aromatic N) is 3. The van der Waals surface area contributed by atoms with E-state index in [1.54, 1.807) is 31.2 Å².